The van der Waals surface area contributed by atoms with Crippen LogP contribution in [0.4, 0.5) is 4.39 Å². The van der Waals surface area contributed by atoms with Gasteiger partial charge in [-0.25, -0.2) is 4.39 Å². The molecule has 0 bridgehead atoms. The van der Waals surface area contributed by atoms with Crippen LogP contribution in [-0.2, 0) is 9.53 Å². The van der Waals surface area contributed by atoms with Crippen LogP contribution in [0.3, 0.4) is 0 Å². The number of nitrogens with two attached hydrogens (primary N) is 1. The molecule has 86 valence electrons. The number of benzene rings is 1. The second-order valence-corrected chi connectivity index (χ2v) is 3.28. The molecule has 0 fully saturated rings. The summed E-state index contributed by atoms with van der Waals surface area (Å²) in [4.78, 5) is 22.1. The number of rotatable bonds is 4. The van der Waals surface area contributed by atoms with E-state index in [0.29, 0.717) is 5.56 Å². The minimum atomic E-state index is -0.922. The predicted molar refractivity (Wildman–Crippen MR) is 55.3 cm³/mol. The highest BCUT2D eigenvalue weighted by Crippen LogP contribution is 2.05. The lowest BCUT2D eigenvalue weighted by molar-refractivity contribution is -0.141. The Bertz CT molecular complexity index is 389. The molecule has 5 heteroatoms. The minimum Gasteiger partial charge on any atom is -0.464 e. The Morgan fingerprint density at radius 1 is 1.38 bits per heavy atom. The van der Waals surface area contributed by atoms with Gasteiger partial charge in [0.15, 0.2) is 5.78 Å². The fourth-order valence-electron chi connectivity index (χ4n) is 1.11. The van der Waals surface area contributed by atoms with Crippen molar-refractivity contribution >= 4 is 11.8 Å². The first-order valence-electron chi connectivity index (χ1n) is 4.69. The Kier molecular flexibility index (Phi) is 4.13. The Balaban J connectivity index is 2.63. The lowest BCUT2D eigenvalue weighted by Gasteiger charge is -2.10. The van der Waals surface area contributed by atoms with Crippen molar-refractivity contribution in [2.24, 2.45) is 5.73 Å². The Morgan fingerprint density at radius 2 is 1.94 bits per heavy atom. The van der Waals surface area contributed by atoms with Gasteiger partial charge in [0.25, 0.3) is 0 Å². The second kappa shape index (κ2) is 5.37. The third-order valence-electron chi connectivity index (χ3n) is 1.93. The topological polar surface area (TPSA) is 69.4 Å². The van der Waals surface area contributed by atoms with Crippen molar-refractivity contribution in [2.75, 3.05) is 6.61 Å². The average molecular weight is 225 g/mol. The highest BCUT2D eigenvalue weighted by atomic mass is 19.1. The van der Waals surface area contributed by atoms with Crippen molar-refractivity contribution < 1.29 is 18.7 Å². The smallest absolute Gasteiger partial charge is 0.302 e. The van der Waals surface area contributed by atoms with Crippen molar-refractivity contribution in [3.8, 4) is 0 Å². The summed E-state index contributed by atoms with van der Waals surface area (Å²) in [6.07, 6.45) is 0. The second-order valence-electron chi connectivity index (χ2n) is 3.28. The SMILES string of the molecule is CC(=O)OC[C@@H](N)C(=O)c1ccc(F)cc1. The number of ether oxygens (including phenoxy) is 1. The zero-order chi connectivity index (χ0) is 12.1. The van der Waals surface area contributed by atoms with Gasteiger partial charge in [0.2, 0.25) is 0 Å². The summed E-state index contributed by atoms with van der Waals surface area (Å²) >= 11 is 0. The van der Waals surface area contributed by atoms with Gasteiger partial charge in [-0.1, -0.05) is 0 Å². The lowest BCUT2D eigenvalue weighted by atomic mass is 10.1. The standard InChI is InChI=1S/C11H12FNO3/c1-7(14)16-6-10(13)11(15)8-2-4-9(12)5-3-8/h2-5,10H,6,13H2,1H3/t10-/m1/s1. The Labute approximate surface area is 92.2 Å². The number of ketones is 1. The van der Waals surface area contributed by atoms with Crippen LogP contribution in [-0.4, -0.2) is 24.4 Å². The molecule has 0 unspecified atom stereocenters. The van der Waals surface area contributed by atoms with E-state index >= 15 is 0 Å². The number of carbonyl (C=O) groups excluding carboxylic acids is 2. The molecule has 0 spiro atoms. The van der Waals surface area contributed by atoms with Crippen molar-refractivity contribution in [3.63, 3.8) is 0 Å². The molecule has 0 amide bonds. The molecule has 16 heavy (non-hydrogen) atoms. The number of carbonyl (C=O) groups is 2. The lowest BCUT2D eigenvalue weighted by Crippen LogP contribution is -2.35. The maximum atomic E-state index is 12.6. The molecule has 0 heterocycles. The number of hydrogen-bond acceptors (Lipinski definition) is 4. The number of halogens is 1. The maximum absolute atomic E-state index is 12.6. The highest BCUT2D eigenvalue weighted by Gasteiger charge is 2.16. The third kappa shape index (κ3) is 3.43. The van der Waals surface area contributed by atoms with Gasteiger partial charge in [-0.2, -0.15) is 0 Å². The third-order valence-corrected chi connectivity index (χ3v) is 1.93. The molecule has 1 aromatic rings. The van der Waals surface area contributed by atoms with Crippen LogP contribution in [0.15, 0.2) is 24.3 Å². The molecule has 0 saturated heterocycles. The molecular formula is C11H12FNO3. The van der Waals surface area contributed by atoms with Gasteiger partial charge in [-0.05, 0) is 24.3 Å². The summed E-state index contributed by atoms with van der Waals surface area (Å²) in [5, 5.41) is 0. The molecule has 1 aromatic carbocycles. The predicted octanol–water partition coefficient (Wildman–Crippen LogP) is 0.899. The number of Topliss-reactive ketones (excluding diaryl/α,β-unsaturated/α-hetero) is 1. The van der Waals surface area contributed by atoms with E-state index in [0.717, 1.165) is 0 Å². The van der Waals surface area contributed by atoms with Crippen molar-refractivity contribution in [2.45, 2.75) is 13.0 Å². The molecule has 4 nitrogen and oxygen atoms in total. The summed E-state index contributed by atoms with van der Waals surface area (Å²) in [5.41, 5.74) is 5.81. The quantitative estimate of drug-likeness (QED) is 0.610. The van der Waals surface area contributed by atoms with Crippen LogP contribution in [0, 0.1) is 5.82 Å². The normalized spacial score (nSPS) is 11.9. The van der Waals surface area contributed by atoms with E-state index in [1.165, 1.54) is 31.2 Å². The Morgan fingerprint density at radius 3 is 2.44 bits per heavy atom. The first-order chi connectivity index (χ1) is 7.50. The van der Waals surface area contributed by atoms with E-state index < -0.39 is 17.8 Å². The van der Waals surface area contributed by atoms with Crippen LogP contribution < -0.4 is 5.73 Å². The van der Waals surface area contributed by atoms with Crippen LogP contribution in [0.5, 0.6) is 0 Å². The van der Waals surface area contributed by atoms with Crippen molar-refractivity contribution in [1.82, 2.24) is 0 Å². The molecular weight excluding hydrogens is 213 g/mol. The van der Waals surface area contributed by atoms with Gasteiger partial charge < -0.3 is 10.5 Å². The van der Waals surface area contributed by atoms with E-state index in [9.17, 15) is 14.0 Å². The van der Waals surface area contributed by atoms with Gasteiger partial charge in [0.05, 0.1) is 0 Å². The summed E-state index contributed by atoms with van der Waals surface area (Å²) in [7, 11) is 0. The molecule has 0 aliphatic heterocycles. The van der Waals surface area contributed by atoms with E-state index in [-0.39, 0.29) is 12.4 Å². The molecule has 0 aliphatic carbocycles. The average Bonchev–Trinajstić information content (AvgIpc) is 2.26. The van der Waals surface area contributed by atoms with Gasteiger partial charge in [0, 0.05) is 12.5 Å². The van der Waals surface area contributed by atoms with E-state index in [2.05, 4.69) is 4.74 Å². The van der Waals surface area contributed by atoms with Crippen molar-refractivity contribution in [3.05, 3.63) is 35.6 Å². The minimum absolute atomic E-state index is 0.175. The number of esters is 1. The van der Waals surface area contributed by atoms with Crippen molar-refractivity contribution in [1.29, 1.82) is 0 Å². The monoisotopic (exact) mass is 225 g/mol. The summed E-state index contributed by atoms with van der Waals surface area (Å²) < 4.78 is 17.2. The Hall–Kier alpha value is -1.75. The molecule has 0 radical (unpaired) electrons. The van der Waals surface area contributed by atoms with Crippen LogP contribution in [0.25, 0.3) is 0 Å². The molecule has 0 aliphatic rings. The fourth-order valence-corrected chi connectivity index (χ4v) is 1.11. The molecule has 0 saturated carbocycles. The number of hydrogen-bond donors (Lipinski definition) is 1. The van der Waals surface area contributed by atoms with E-state index in [4.69, 9.17) is 5.73 Å². The van der Waals surface area contributed by atoms with Crippen LogP contribution >= 0.6 is 0 Å². The first-order valence-corrected chi connectivity index (χ1v) is 4.69. The summed E-state index contributed by atoms with van der Waals surface area (Å²) in [5.74, 6) is -1.31. The largest absolute Gasteiger partial charge is 0.464 e. The van der Waals surface area contributed by atoms with Gasteiger partial charge in [-0.3, -0.25) is 9.59 Å². The zero-order valence-corrected chi connectivity index (χ0v) is 8.77. The highest BCUT2D eigenvalue weighted by molar-refractivity contribution is 6.00. The van der Waals surface area contributed by atoms with E-state index in [1.807, 2.05) is 0 Å². The molecule has 1 rings (SSSR count). The molecule has 1 atom stereocenters. The summed E-state index contributed by atoms with van der Waals surface area (Å²) in [6, 6.07) is 4.10. The van der Waals surface area contributed by atoms with E-state index in [1.54, 1.807) is 0 Å². The molecule has 2 N–H and O–H groups in total. The maximum Gasteiger partial charge on any atom is 0.302 e. The zero-order valence-electron chi connectivity index (χ0n) is 8.77. The van der Waals surface area contributed by atoms with Crippen LogP contribution in [0.1, 0.15) is 17.3 Å². The van der Waals surface area contributed by atoms with Gasteiger partial charge in [0.1, 0.15) is 18.5 Å². The molecule has 0 aromatic heterocycles. The van der Waals surface area contributed by atoms with Gasteiger partial charge in [-0.15, -0.1) is 0 Å². The van der Waals surface area contributed by atoms with Crippen LogP contribution in [0.2, 0.25) is 0 Å². The fraction of sp³-hybridized carbons (Fsp3) is 0.273. The van der Waals surface area contributed by atoms with Gasteiger partial charge >= 0.3 is 5.97 Å². The first kappa shape index (κ1) is 12.3. The summed E-state index contributed by atoms with van der Waals surface area (Å²) in [6.45, 7) is 1.06.